The lowest BCUT2D eigenvalue weighted by molar-refractivity contribution is 0.606. The molecular weight excluding hydrogens is 456 g/mol. The van der Waals surface area contributed by atoms with E-state index in [1.54, 1.807) is 0 Å². The highest BCUT2D eigenvalue weighted by molar-refractivity contribution is 6.29. The van der Waals surface area contributed by atoms with Gasteiger partial charge in [-0.2, -0.15) is 0 Å². The molecule has 0 spiro atoms. The molecule has 0 fully saturated rings. The van der Waals surface area contributed by atoms with E-state index < -0.39 is 0 Å². The average molecular weight is 491 g/mol. The van der Waals surface area contributed by atoms with Crippen molar-refractivity contribution >= 4 is 21.5 Å². The summed E-state index contributed by atoms with van der Waals surface area (Å²) < 4.78 is 0. The van der Waals surface area contributed by atoms with Crippen LogP contribution < -0.4 is 0 Å². The zero-order valence-electron chi connectivity index (χ0n) is 23.8. The summed E-state index contributed by atoms with van der Waals surface area (Å²) in [5.74, 6) is 0. The third-order valence-corrected chi connectivity index (χ3v) is 11.4. The monoisotopic (exact) mass is 490 g/mol. The molecule has 0 saturated heterocycles. The second-order valence-electron chi connectivity index (χ2n) is 14.5. The van der Waals surface area contributed by atoms with Crippen LogP contribution in [-0.2, 0) is 21.7 Å². The molecule has 4 aliphatic carbocycles. The summed E-state index contributed by atoms with van der Waals surface area (Å²) in [7, 11) is 0. The van der Waals surface area contributed by atoms with Gasteiger partial charge in [-0.05, 0) is 88.3 Å². The Hall–Kier alpha value is -3.38. The van der Waals surface area contributed by atoms with Gasteiger partial charge in [0.25, 0.3) is 0 Å². The predicted octanol–water partition coefficient (Wildman–Crippen LogP) is 9.88. The van der Waals surface area contributed by atoms with E-state index in [1.165, 1.54) is 88.3 Å². The number of benzene rings is 5. The zero-order valence-corrected chi connectivity index (χ0v) is 23.8. The lowest BCUT2D eigenvalue weighted by atomic mass is 9.54. The van der Waals surface area contributed by atoms with Gasteiger partial charge in [0, 0.05) is 21.7 Å². The van der Waals surface area contributed by atoms with Crippen LogP contribution in [-0.4, -0.2) is 0 Å². The van der Waals surface area contributed by atoms with Crippen LogP contribution in [0.15, 0.2) is 60.7 Å². The molecule has 0 heteroatoms. The van der Waals surface area contributed by atoms with Gasteiger partial charge in [-0.15, -0.1) is 0 Å². The summed E-state index contributed by atoms with van der Waals surface area (Å²) in [4.78, 5) is 0. The van der Waals surface area contributed by atoms with E-state index in [0.717, 1.165) is 0 Å². The second-order valence-corrected chi connectivity index (χ2v) is 14.5. The van der Waals surface area contributed by atoms with Gasteiger partial charge in [0.15, 0.2) is 0 Å². The molecular formula is C38H34. The summed E-state index contributed by atoms with van der Waals surface area (Å²) in [5, 5.41) is 6.10. The first kappa shape index (κ1) is 21.5. The summed E-state index contributed by atoms with van der Waals surface area (Å²) in [6, 6.07) is 24.2. The predicted molar refractivity (Wildman–Crippen MR) is 161 cm³/mol. The fourth-order valence-electron chi connectivity index (χ4n) is 9.38. The van der Waals surface area contributed by atoms with E-state index in [-0.39, 0.29) is 21.7 Å². The summed E-state index contributed by atoms with van der Waals surface area (Å²) in [6.07, 6.45) is 0. The summed E-state index contributed by atoms with van der Waals surface area (Å²) >= 11 is 0. The third-order valence-electron chi connectivity index (χ3n) is 11.4. The molecule has 0 saturated carbocycles. The molecule has 0 N–H and O–H groups in total. The topological polar surface area (TPSA) is 0 Å². The van der Waals surface area contributed by atoms with Crippen molar-refractivity contribution in [2.75, 3.05) is 0 Å². The molecule has 5 aromatic carbocycles. The molecule has 0 atom stereocenters. The van der Waals surface area contributed by atoms with Crippen LogP contribution in [0.2, 0.25) is 0 Å². The van der Waals surface area contributed by atoms with Crippen molar-refractivity contribution < 1.29 is 0 Å². The Kier molecular flexibility index (Phi) is 3.28. The van der Waals surface area contributed by atoms with Crippen LogP contribution in [0.25, 0.3) is 43.8 Å². The van der Waals surface area contributed by atoms with Crippen LogP contribution in [0.5, 0.6) is 0 Å². The molecule has 0 amide bonds. The van der Waals surface area contributed by atoms with Gasteiger partial charge in [-0.1, -0.05) is 116 Å². The maximum Gasteiger partial charge on any atom is 0.0159 e. The van der Waals surface area contributed by atoms with Gasteiger partial charge in [-0.3, -0.25) is 0 Å². The smallest absolute Gasteiger partial charge is 0.0159 e. The van der Waals surface area contributed by atoms with E-state index in [9.17, 15) is 0 Å². The van der Waals surface area contributed by atoms with E-state index in [4.69, 9.17) is 0 Å². The molecule has 5 aromatic rings. The third kappa shape index (κ3) is 1.91. The van der Waals surface area contributed by atoms with E-state index >= 15 is 0 Å². The zero-order chi connectivity index (χ0) is 26.3. The van der Waals surface area contributed by atoms with Gasteiger partial charge in [0.2, 0.25) is 0 Å². The van der Waals surface area contributed by atoms with Gasteiger partial charge in [0.1, 0.15) is 0 Å². The lowest BCUT2D eigenvalue weighted by Gasteiger charge is -2.49. The van der Waals surface area contributed by atoms with Crippen LogP contribution in [0, 0.1) is 0 Å². The standard InChI is InChI=1S/C38H34/c1-35(2)19-11-9-12-20-27(19)33-29-23(35)15-16-24-30(29)34-28-21(37(24,5)6)13-10-14-22(28)38(7,8)26-18-17-25(36(20,3)4)31(33)32(26)34/h9-18H,1-8H3. The first-order valence-electron chi connectivity index (χ1n) is 14.3. The molecule has 0 bridgehead atoms. The Labute approximate surface area is 225 Å². The largest absolute Gasteiger partial charge is 0.0616 e. The average Bonchev–Trinajstić information content (AvgIpc) is 2.87. The maximum absolute atomic E-state index is 2.48. The lowest BCUT2D eigenvalue weighted by Crippen LogP contribution is -2.35. The van der Waals surface area contributed by atoms with Crippen molar-refractivity contribution in [2.24, 2.45) is 0 Å². The van der Waals surface area contributed by atoms with Crippen molar-refractivity contribution in [3.05, 3.63) is 105 Å². The van der Waals surface area contributed by atoms with Crippen molar-refractivity contribution in [2.45, 2.75) is 77.0 Å². The SMILES string of the molecule is CC1(C)c2cccc3c2-c2c4c1ccc1c4c4c5c(ccc(c25)C3(C)C)C(C)(C)c2cccc(c2-4)C1(C)C. The minimum atomic E-state index is -0.0552. The van der Waals surface area contributed by atoms with Gasteiger partial charge in [0.05, 0.1) is 0 Å². The van der Waals surface area contributed by atoms with Gasteiger partial charge < -0.3 is 0 Å². The van der Waals surface area contributed by atoms with Gasteiger partial charge in [-0.25, -0.2) is 0 Å². The van der Waals surface area contributed by atoms with Crippen molar-refractivity contribution in [3.63, 3.8) is 0 Å². The minimum absolute atomic E-state index is 0.0552. The first-order valence-corrected chi connectivity index (χ1v) is 14.3. The Morgan fingerprint density at radius 3 is 0.763 bits per heavy atom. The normalized spacial score (nSPS) is 20.4. The van der Waals surface area contributed by atoms with Crippen molar-refractivity contribution in [1.29, 1.82) is 0 Å². The highest BCUT2D eigenvalue weighted by Gasteiger charge is 2.49. The number of rotatable bonds is 0. The van der Waals surface area contributed by atoms with Crippen LogP contribution in [0.4, 0.5) is 0 Å². The van der Waals surface area contributed by atoms with Crippen LogP contribution >= 0.6 is 0 Å². The minimum Gasteiger partial charge on any atom is -0.0616 e. The molecule has 9 rings (SSSR count). The highest BCUT2D eigenvalue weighted by atomic mass is 14.5. The molecule has 0 nitrogen and oxygen atoms in total. The van der Waals surface area contributed by atoms with Crippen LogP contribution in [0.1, 0.15) is 99.9 Å². The van der Waals surface area contributed by atoms with E-state index in [0.29, 0.717) is 0 Å². The quantitative estimate of drug-likeness (QED) is 0.189. The van der Waals surface area contributed by atoms with Crippen molar-refractivity contribution in [1.82, 2.24) is 0 Å². The molecule has 0 heterocycles. The fraction of sp³-hybridized carbons (Fsp3) is 0.316. The second kappa shape index (κ2) is 5.79. The Bertz CT molecular complexity index is 1730. The molecule has 4 aliphatic rings. The Morgan fingerprint density at radius 1 is 0.289 bits per heavy atom. The highest BCUT2D eigenvalue weighted by Crippen LogP contribution is 2.66. The maximum atomic E-state index is 2.48. The Morgan fingerprint density at radius 2 is 0.526 bits per heavy atom. The van der Waals surface area contributed by atoms with Crippen molar-refractivity contribution in [3.8, 4) is 22.3 Å². The summed E-state index contributed by atoms with van der Waals surface area (Å²) in [5.41, 5.74) is 17.8. The Balaban J connectivity index is 1.72. The molecule has 186 valence electrons. The molecule has 0 unspecified atom stereocenters. The fourth-order valence-corrected chi connectivity index (χ4v) is 9.38. The number of hydrogen-bond acceptors (Lipinski definition) is 0. The molecule has 0 radical (unpaired) electrons. The molecule has 0 aliphatic heterocycles. The van der Waals surface area contributed by atoms with E-state index in [1.807, 2.05) is 0 Å². The van der Waals surface area contributed by atoms with Crippen LogP contribution in [0.3, 0.4) is 0 Å². The molecule has 38 heavy (non-hydrogen) atoms. The summed E-state index contributed by atoms with van der Waals surface area (Å²) in [6.45, 7) is 19.6. The first-order chi connectivity index (χ1) is 17.9. The molecule has 0 aromatic heterocycles. The van der Waals surface area contributed by atoms with Gasteiger partial charge >= 0.3 is 0 Å². The number of hydrogen-bond donors (Lipinski definition) is 0. The van der Waals surface area contributed by atoms with E-state index in [2.05, 4.69) is 116 Å².